The summed E-state index contributed by atoms with van der Waals surface area (Å²) in [6.45, 7) is 8.27. The summed E-state index contributed by atoms with van der Waals surface area (Å²) in [5.41, 5.74) is 1.65. The van der Waals surface area contributed by atoms with Crippen molar-refractivity contribution < 1.29 is 4.79 Å². The maximum absolute atomic E-state index is 11.7. The third-order valence-corrected chi connectivity index (χ3v) is 2.50. The summed E-state index contributed by atoms with van der Waals surface area (Å²) in [4.78, 5) is 11.7. The van der Waals surface area contributed by atoms with Crippen molar-refractivity contribution in [2.45, 2.75) is 33.2 Å². The molecule has 0 aromatic heterocycles. The lowest BCUT2D eigenvalue weighted by atomic mass is 10.1. The number of rotatable bonds is 3. The topological polar surface area (TPSA) is 41.1 Å². The molecule has 0 unspecified atom stereocenters. The highest BCUT2D eigenvalue weighted by Gasteiger charge is 2.12. The smallest absolute Gasteiger partial charge is 0.238 e. The summed E-state index contributed by atoms with van der Waals surface area (Å²) >= 11 is 6.00. The van der Waals surface area contributed by atoms with Gasteiger partial charge in [-0.3, -0.25) is 4.79 Å². The van der Waals surface area contributed by atoms with Gasteiger partial charge in [-0.05, 0) is 45.4 Å². The molecule has 0 saturated heterocycles. The highest BCUT2D eigenvalue weighted by atomic mass is 35.5. The summed E-state index contributed by atoms with van der Waals surface area (Å²) < 4.78 is 0. The van der Waals surface area contributed by atoms with E-state index in [-0.39, 0.29) is 18.0 Å². The minimum absolute atomic E-state index is 0.0757. The molecule has 0 heterocycles. The molecule has 0 radical (unpaired) electrons. The van der Waals surface area contributed by atoms with Crippen LogP contribution >= 0.6 is 11.6 Å². The van der Waals surface area contributed by atoms with Crippen LogP contribution in [0.3, 0.4) is 0 Å². The molecule has 0 fully saturated rings. The maximum atomic E-state index is 11.7. The van der Waals surface area contributed by atoms with Crippen molar-refractivity contribution in [3.63, 3.8) is 0 Å². The van der Waals surface area contributed by atoms with Gasteiger partial charge >= 0.3 is 0 Å². The number of hydrogen-bond donors (Lipinski definition) is 2. The molecule has 1 rings (SSSR count). The first-order valence-corrected chi connectivity index (χ1v) is 5.97. The van der Waals surface area contributed by atoms with Crippen LogP contribution in [0.4, 0.5) is 5.69 Å². The first kappa shape index (κ1) is 14.0. The molecule has 2 N–H and O–H groups in total. The molecule has 1 amide bonds. The van der Waals surface area contributed by atoms with Crippen LogP contribution in [0.15, 0.2) is 18.2 Å². The van der Waals surface area contributed by atoms with E-state index in [1.54, 1.807) is 6.07 Å². The normalized spacial score (nSPS) is 11.4. The second-order valence-corrected chi connectivity index (χ2v) is 5.54. The van der Waals surface area contributed by atoms with E-state index in [0.717, 1.165) is 5.56 Å². The molecular formula is C13H19ClN2O. The number of hydrogen-bond acceptors (Lipinski definition) is 2. The number of nitrogens with one attached hydrogen (secondary N) is 2. The zero-order valence-corrected chi connectivity index (χ0v) is 11.5. The molecule has 0 aliphatic rings. The third-order valence-electron chi connectivity index (χ3n) is 2.18. The Labute approximate surface area is 108 Å². The number of benzene rings is 1. The van der Waals surface area contributed by atoms with E-state index in [1.807, 2.05) is 39.8 Å². The van der Waals surface area contributed by atoms with Gasteiger partial charge in [0.2, 0.25) is 5.91 Å². The fourth-order valence-electron chi connectivity index (χ4n) is 1.27. The lowest BCUT2D eigenvalue weighted by Gasteiger charge is -2.20. The number of amides is 1. The zero-order valence-electron chi connectivity index (χ0n) is 10.7. The van der Waals surface area contributed by atoms with Gasteiger partial charge in [-0.25, -0.2) is 0 Å². The predicted molar refractivity (Wildman–Crippen MR) is 72.6 cm³/mol. The van der Waals surface area contributed by atoms with Crippen LogP contribution in [-0.4, -0.2) is 18.0 Å². The van der Waals surface area contributed by atoms with Crippen LogP contribution in [0.2, 0.25) is 5.02 Å². The average molecular weight is 255 g/mol. The summed E-state index contributed by atoms with van der Waals surface area (Å²) in [5.74, 6) is -0.0903. The fraction of sp³-hybridized carbons (Fsp3) is 0.462. The number of aryl methyl sites for hydroxylation is 1. The second kappa shape index (κ2) is 5.52. The van der Waals surface area contributed by atoms with E-state index in [0.29, 0.717) is 10.7 Å². The van der Waals surface area contributed by atoms with Gasteiger partial charge in [0, 0.05) is 5.54 Å². The molecule has 1 aromatic rings. The summed E-state index contributed by atoms with van der Waals surface area (Å²) in [6.07, 6.45) is 0. The first-order chi connectivity index (χ1) is 7.78. The molecule has 0 bridgehead atoms. The molecule has 0 aliphatic carbocycles. The number of halogens is 1. The average Bonchev–Trinajstić information content (AvgIpc) is 2.20. The third kappa shape index (κ3) is 5.20. The van der Waals surface area contributed by atoms with Crippen molar-refractivity contribution in [3.05, 3.63) is 28.8 Å². The van der Waals surface area contributed by atoms with E-state index >= 15 is 0 Å². The van der Waals surface area contributed by atoms with E-state index in [4.69, 9.17) is 11.6 Å². The Hall–Kier alpha value is -1.06. The van der Waals surface area contributed by atoms with Crippen LogP contribution in [0, 0.1) is 6.92 Å². The summed E-state index contributed by atoms with van der Waals surface area (Å²) in [6, 6.07) is 5.55. The molecule has 3 nitrogen and oxygen atoms in total. The summed E-state index contributed by atoms with van der Waals surface area (Å²) in [7, 11) is 0. The van der Waals surface area contributed by atoms with Gasteiger partial charge in [0.25, 0.3) is 0 Å². The number of carbonyl (C=O) groups excluding carboxylic acids is 1. The Kier molecular flexibility index (Phi) is 4.54. The largest absolute Gasteiger partial charge is 0.324 e. The Morgan fingerprint density at radius 3 is 2.59 bits per heavy atom. The van der Waals surface area contributed by atoms with Crippen LogP contribution < -0.4 is 10.6 Å². The van der Waals surface area contributed by atoms with E-state index in [2.05, 4.69) is 10.6 Å². The lowest BCUT2D eigenvalue weighted by molar-refractivity contribution is -0.115. The van der Waals surface area contributed by atoms with Crippen molar-refractivity contribution in [2.75, 3.05) is 11.9 Å². The van der Waals surface area contributed by atoms with Gasteiger partial charge in [0.1, 0.15) is 0 Å². The van der Waals surface area contributed by atoms with Crippen molar-refractivity contribution in [1.29, 1.82) is 0 Å². The Bertz CT molecular complexity index is 410. The van der Waals surface area contributed by atoms with Crippen LogP contribution in [0.1, 0.15) is 26.3 Å². The molecule has 4 heteroatoms. The van der Waals surface area contributed by atoms with Crippen molar-refractivity contribution in [3.8, 4) is 0 Å². The molecule has 0 aliphatic heterocycles. The monoisotopic (exact) mass is 254 g/mol. The Morgan fingerprint density at radius 2 is 2.00 bits per heavy atom. The van der Waals surface area contributed by atoms with Gasteiger partial charge in [-0.2, -0.15) is 0 Å². The van der Waals surface area contributed by atoms with Gasteiger partial charge in [0.15, 0.2) is 0 Å². The van der Waals surface area contributed by atoms with Crippen molar-refractivity contribution in [1.82, 2.24) is 5.32 Å². The minimum Gasteiger partial charge on any atom is -0.324 e. The van der Waals surface area contributed by atoms with E-state index in [9.17, 15) is 4.79 Å². The fourth-order valence-corrected chi connectivity index (χ4v) is 1.44. The van der Waals surface area contributed by atoms with E-state index < -0.39 is 0 Å². The Morgan fingerprint density at radius 1 is 1.35 bits per heavy atom. The molecule has 17 heavy (non-hydrogen) atoms. The van der Waals surface area contributed by atoms with Gasteiger partial charge in [-0.1, -0.05) is 17.7 Å². The highest BCUT2D eigenvalue weighted by molar-refractivity contribution is 6.33. The summed E-state index contributed by atoms with van der Waals surface area (Å²) in [5, 5.41) is 6.47. The van der Waals surface area contributed by atoms with E-state index in [1.165, 1.54) is 0 Å². The Balaban J connectivity index is 2.59. The molecule has 0 atom stereocenters. The maximum Gasteiger partial charge on any atom is 0.238 e. The number of anilines is 1. The minimum atomic E-state index is -0.0903. The second-order valence-electron chi connectivity index (χ2n) is 5.14. The quantitative estimate of drug-likeness (QED) is 0.871. The lowest BCUT2D eigenvalue weighted by Crippen LogP contribution is -2.41. The van der Waals surface area contributed by atoms with Crippen LogP contribution in [-0.2, 0) is 4.79 Å². The molecule has 0 spiro atoms. The van der Waals surface area contributed by atoms with Crippen molar-refractivity contribution >= 4 is 23.2 Å². The zero-order chi connectivity index (χ0) is 13.1. The standard InChI is InChI=1S/C13H19ClN2O/c1-9-5-6-10(14)11(7-9)16-12(17)8-15-13(2,3)4/h5-7,15H,8H2,1-4H3,(H,16,17). The van der Waals surface area contributed by atoms with Gasteiger partial charge < -0.3 is 10.6 Å². The predicted octanol–water partition coefficient (Wildman–Crippen LogP) is 2.98. The molecule has 0 saturated carbocycles. The number of carbonyl (C=O) groups is 1. The SMILES string of the molecule is Cc1ccc(Cl)c(NC(=O)CNC(C)(C)C)c1. The van der Waals surface area contributed by atoms with Gasteiger partial charge in [0.05, 0.1) is 17.3 Å². The van der Waals surface area contributed by atoms with Crippen LogP contribution in [0.5, 0.6) is 0 Å². The van der Waals surface area contributed by atoms with Crippen molar-refractivity contribution in [2.24, 2.45) is 0 Å². The van der Waals surface area contributed by atoms with Crippen LogP contribution in [0.25, 0.3) is 0 Å². The molecule has 94 valence electrons. The highest BCUT2D eigenvalue weighted by Crippen LogP contribution is 2.22. The molecule has 1 aromatic carbocycles. The molecular weight excluding hydrogens is 236 g/mol. The first-order valence-electron chi connectivity index (χ1n) is 5.59. The van der Waals surface area contributed by atoms with Gasteiger partial charge in [-0.15, -0.1) is 0 Å².